The first-order valence-electron chi connectivity index (χ1n) is 4.46. The number of hydrogen-bond acceptors (Lipinski definition) is 2. The van der Waals surface area contributed by atoms with Crippen molar-refractivity contribution in [3.05, 3.63) is 35.4 Å². The number of halogens is 2. The van der Waals surface area contributed by atoms with E-state index in [9.17, 15) is 8.78 Å². The first-order chi connectivity index (χ1) is 6.65. The third-order valence-corrected chi connectivity index (χ3v) is 2.00. The molecule has 0 saturated carbocycles. The topological polar surface area (TPSA) is 29.3 Å². The Hall–Kier alpha value is -1.00. The molecule has 2 N–H and O–H groups in total. The zero-order valence-electron chi connectivity index (χ0n) is 8.13. The second-order valence-corrected chi connectivity index (χ2v) is 3.23. The van der Waals surface area contributed by atoms with Gasteiger partial charge in [-0.1, -0.05) is 6.07 Å². The molecule has 0 atom stereocenters. The number of likely N-dealkylation sites (N-methyl/N-ethyl adjacent to an activating group) is 1. The van der Waals surface area contributed by atoms with Crippen molar-refractivity contribution in [2.75, 3.05) is 20.1 Å². The minimum atomic E-state index is -0.506. The molecule has 0 aliphatic heterocycles. The summed E-state index contributed by atoms with van der Waals surface area (Å²) in [7, 11) is 1.78. The lowest BCUT2D eigenvalue weighted by atomic mass is 10.2. The van der Waals surface area contributed by atoms with Crippen molar-refractivity contribution in [2.45, 2.75) is 6.54 Å². The minimum absolute atomic E-state index is 0.100. The van der Waals surface area contributed by atoms with Gasteiger partial charge in [0.25, 0.3) is 0 Å². The molecule has 4 heteroatoms. The maximum Gasteiger partial charge on any atom is 0.130 e. The van der Waals surface area contributed by atoms with Gasteiger partial charge in [0.05, 0.1) is 0 Å². The molecule has 0 unspecified atom stereocenters. The average molecular weight is 200 g/mol. The molecule has 0 heterocycles. The van der Waals surface area contributed by atoms with Crippen LogP contribution in [0.25, 0.3) is 0 Å². The molecule has 0 saturated heterocycles. The maximum absolute atomic E-state index is 13.2. The van der Waals surface area contributed by atoms with Crippen LogP contribution in [0.1, 0.15) is 5.56 Å². The van der Waals surface area contributed by atoms with Crippen molar-refractivity contribution in [3.63, 3.8) is 0 Å². The normalized spacial score (nSPS) is 10.9. The van der Waals surface area contributed by atoms with Crippen molar-refractivity contribution in [2.24, 2.45) is 5.73 Å². The molecule has 0 fully saturated rings. The summed E-state index contributed by atoms with van der Waals surface area (Å²) >= 11 is 0. The van der Waals surface area contributed by atoms with E-state index in [2.05, 4.69) is 0 Å². The van der Waals surface area contributed by atoms with Gasteiger partial charge in [0.1, 0.15) is 11.6 Å². The van der Waals surface area contributed by atoms with Crippen LogP contribution in [-0.4, -0.2) is 25.0 Å². The molecule has 0 spiro atoms. The standard InChI is InChI=1S/C10H14F2N2/c1-14(6-5-13)7-8-9(11)3-2-4-10(8)12/h2-4H,5-7,13H2,1H3. The highest BCUT2D eigenvalue weighted by Gasteiger charge is 2.09. The van der Waals surface area contributed by atoms with Crippen molar-refractivity contribution < 1.29 is 8.78 Å². The smallest absolute Gasteiger partial charge is 0.130 e. The van der Waals surface area contributed by atoms with Crippen LogP contribution in [0.2, 0.25) is 0 Å². The van der Waals surface area contributed by atoms with Gasteiger partial charge >= 0.3 is 0 Å². The summed E-state index contributed by atoms with van der Waals surface area (Å²) in [6.45, 7) is 1.34. The largest absolute Gasteiger partial charge is 0.329 e. The van der Waals surface area contributed by atoms with Gasteiger partial charge in [0, 0.05) is 25.2 Å². The molecule has 78 valence electrons. The van der Waals surface area contributed by atoms with Crippen molar-refractivity contribution >= 4 is 0 Å². The Morgan fingerprint density at radius 1 is 1.29 bits per heavy atom. The molecule has 2 nitrogen and oxygen atoms in total. The molecular weight excluding hydrogens is 186 g/mol. The summed E-state index contributed by atoms with van der Waals surface area (Å²) in [5.74, 6) is -1.01. The molecule has 14 heavy (non-hydrogen) atoms. The minimum Gasteiger partial charge on any atom is -0.329 e. The van der Waals surface area contributed by atoms with Gasteiger partial charge in [-0.25, -0.2) is 8.78 Å². The summed E-state index contributed by atoms with van der Waals surface area (Å²) in [6.07, 6.45) is 0. The van der Waals surface area contributed by atoms with Crippen molar-refractivity contribution in [1.29, 1.82) is 0 Å². The van der Waals surface area contributed by atoms with E-state index >= 15 is 0 Å². The van der Waals surface area contributed by atoms with Crippen molar-refractivity contribution in [1.82, 2.24) is 4.90 Å². The first kappa shape index (κ1) is 11.1. The summed E-state index contributed by atoms with van der Waals surface area (Å²) in [4.78, 5) is 1.78. The first-order valence-corrected chi connectivity index (χ1v) is 4.46. The highest BCUT2D eigenvalue weighted by Crippen LogP contribution is 2.13. The fourth-order valence-corrected chi connectivity index (χ4v) is 1.25. The SMILES string of the molecule is CN(CCN)Cc1c(F)cccc1F. The van der Waals surface area contributed by atoms with Crippen LogP contribution in [0.4, 0.5) is 8.78 Å². The Morgan fingerprint density at radius 2 is 1.86 bits per heavy atom. The summed E-state index contributed by atoms with van der Waals surface area (Å²) in [6, 6.07) is 3.88. The van der Waals surface area contributed by atoms with E-state index < -0.39 is 11.6 Å². The average Bonchev–Trinajstić information content (AvgIpc) is 2.12. The molecule has 0 amide bonds. The molecule has 1 aromatic rings. The van der Waals surface area contributed by atoms with E-state index in [1.807, 2.05) is 0 Å². The highest BCUT2D eigenvalue weighted by atomic mass is 19.1. The molecule has 0 aliphatic carbocycles. The fourth-order valence-electron chi connectivity index (χ4n) is 1.25. The van der Waals surface area contributed by atoms with Crippen LogP contribution in [0, 0.1) is 11.6 Å². The summed E-state index contributed by atoms with van der Waals surface area (Å²) in [5, 5.41) is 0. The number of hydrogen-bond donors (Lipinski definition) is 1. The highest BCUT2D eigenvalue weighted by molar-refractivity contribution is 5.19. The number of nitrogens with zero attached hydrogens (tertiary/aromatic N) is 1. The predicted molar refractivity (Wildman–Crippen MR) is 51.7 cm³/mol. The number of nitrogens with two attached hydrogens (primary N) is 1. The van der Waals surface area contributed by atoms with Crippen LogP contribution in [0.3, 0.4) is 0 Å². The van der Waals surface area contributed by atoms with E-state index in [4.69, 9.17) is 5.73 Å². The van der Waals surface area contributed by atoms with Gasteiger partial charge in [-0.05, 0) is 19.2 Å². The molecular formula is C10H14F2N2. The fraction of sp³-hybridized carbons (Fsp3) is 0.400. The molecule has 0 bridgehead atoms. The molecule has 1 rings (SSSR count). The Labute approximate surface area is 82.3 Å². The zero-order valence-corrected chi connectivity index (χ0v) is 8.13. The summed E-state index contributed by atoms with van der Waals surface area (Å²) < 4.78 is 26.3. The Kier molecular flexibility index (Phi) is 3.98. The van der Waals surface area contributed by atoms with Gasteiger partial charge in [-0.15, -0.1) is 0 Å². The predicted octanol–water partition coefficient (Wildman–Crippen LogP) is 1.36. The Bertz CT molecular complexity index is 282. The zero-order chi connectivity index (χ0) is 10.6. The van der Waals surface area contributed by atoms with Crippen LogP contribution in [0.15, 0.2) is 18.2 Å². The monoisotopic (exact) mass is 200 g/mol. The van der Waals surface area contributed by atoms with Gasteiger partial charge < -0.3 is 10.6 Å². The van der Waals surface area contributed by atoms with Gasteiger partial charge in [-0.2, -0.15) is 0 Å². The third-order valence-electron chi connectivity index (χ3n) is 2.00. The van der Waals surface area contributed by atoms with Gasteiger partial charge in [0.15, 0.2) is 0 Å². The second kappa shape index (κ2) is 5.02. The van der Waals surface area contributed by atoms with E-state index in [1.165, 1.54) is 18.2 Å². The molecule has 0 aliphatic rings. The van der Waals surface area contributed by atoms with E-state index in [1.54, 1.807) is 11.9 Å². The molecule has 0 aromatic heterocycles. The molecule has 0 radical (unpaired) electrons. The maximum atomic E-state index is 13.2. The number of benzene rings is 1. The third kappa shape index (κ3) is 2.75. The Morgan fingerprint density at radius 3 is 2.36 bits per heavy atom. The second-order valence-electron chi connectivity index (χ2n) is 3.23. The van der Waals surface area contributed by atoms with E-state index in [0.29, 0.717) is 13.1 Å². The van der Waals surface area contributed by atoms with Crippen LogP contribution in [0.5, 0.6) is 0 Å². The van der Waals surface area contributed by atoms with Crippen LogP contribution < -0.4 is 5.73 Å². The van der Waals surface area contributed by atoms with Gasteiger partial charge in [-0.3, -0.25) is 0 Å². The van der Waals surface area contributed by atoms with E-state index in [-0.39, 0.29) is 12.1 Å². The summed E-state index contributed by atoms with van der Waals surface area (Å²) in [5.41, 5.74) is 5.43. The lowest BCUT2D eigenvalue weighted by molar-refractivity contribution is 0.323. The lowest BCUT2D eigenvalue weighted by Gasteiger charge is -2.16. The molecule has 1 aromatic carbocycles. The van der Waals surface area contributed by atoms with Crippen molar-refractivity contribution in [3.8, 4) is 0 Å². The lowest BCUT2D eigenvalue weighted by Crippen LogP contribution is -2.25. The van der Waals surface area contributed by atoms with Gasteiger partial charge in [0.2, 0.25) is 0 Å². The van der Waals surface area contributed by atoms with E-state index in [0.717, 1.165) is 0 Å². The number of rotatable bonds is 4. The van der Waals surface area contributed by atoms with Crippen LogP contribution >= 0.6 is 0 Å². The van der Waals surface area contributed by atoms with Crippen LogP contribution in [-0.2, 0) is 6.54 Å². The quantitative estimate of drug-likeness (QED) is 0.795. The Balaban J connectivity index is 2.75.